The van der Waals surface area contributed by atoms with Gasteiger partial charge in [0.05, 0.1) is 10.0 Å². The first kappa shape index (κ1) is 25.8. The lowest BCUT2D eigenvalue weighted by Crippen LogP contribution is -2.53. The Morgan fingerprint density at radius 2 is 1.63 bits per heavy atom. The Morgan fingerprint density at radius 3 is 2.26 bits per heavy atom. The van der Waals surface area contributed by atoms with Gasteiger partial charge in [0.2, 0.25) is 12.3 Å². The molecule has 2 aromatic rings. The summed E-state index contributed by atoms with van der Waals surface area (Å²) in [5.41, 5.74) is 1.50. The Morgan fingerprint density at radius 1 is 0.943 bits per heavy atom. The second-order valence-electron chi connectivity index (χ2n) is 9.26. The molecule has 2 fully saturated rings. The van der Waals surface area contributed by atoms with E-state index in [0.29, 0.717) is 66.1 Å². The number of likely N-dealkylation sites (N-methyl/N-ethyl adjacent to an activating group) is 1. The maximum absolute atomic E-state index is 13.4. The van der Waals surface area contributed by atoms with Crippen molar-refractivity contribution in [2.75, 3.05) is 33.2 Å². The number of rotatable bonds is 5. The molecule has 3 amide bonds. The molecule has 9 heteroatoms. The summed E-state index contributed by atoms with van der Waals surface area (Å²) in [5, 5.41) is 1.48. The standard InChI is InChI=1S/C26H28Cl3N3O3/c1-30(25(34)17-2-5-20(27)6-3-17)24-10-13-32(26(35)18-8-11-31(16-33)12-9-18)15-21(24)19-4-7-22(28)23(29)14-19/h2-7,14,16,18,21,24H,8-13,15H2,1H3/t21-,24+/m0/s1. The third kappa shape index (κ3) is 5.76. The summed E-state index contributed by atoms with van der Waals surface area (Å²) in [4.78, 5) is 43.1. The van der Waals surface area contributed by atoms with Gasteiger partial charge in [0, 0.05) is 61.7 Å². The Bertz CT molecular complexity index is 1090. The molecule has 0 aliphatic carbocycles. The van der Waals surface area contributed by atoms with Crippen LogP contribution in [0.2, 0.25) is 15.1 Å². The van der Waals surface area contributed by atoms with Gasteiger partial charge in [-0.1, -0.05) is 40.9 Å². The molecule has 4 rings (SSSR count). The molecule has 0 saturated carbocycles. The molecule has 0 aromatic heterocycles. The number of likely N-dealkylation sites (tertiary alicyclic amines) is 2. The molecule has 0 spiro atoms. The first-order valence-corrected chi connectivity index (χ1v) is 12.9. The maximum atomic E-state index is 13.4. The number of halogens is 3. The lowest BCUT2D eigenvalue weighted by molar-refractivity contribution is -0.140. The molecule has 0 bridgehead atoms. The molecule has 35 heavy (non-hydrogen) atoms. The molecule has 6 nitrogen and oxygen atoms in total. The first-order chi connectivity index (χ1) is 16.8. The van der Waals surface area contributed by atoms with Crippen LogP contribution in [0.1, 0.15) is 41.1 Å². The number of hydrogen-bond donors (Lipinski definition) is 0. The lowest BCUT2D eigenvalue weighted by Gasteiger charge is -2.44. The zero-order valence-corrected chi connectivity index (χ0v) is 21.8. The highest BCUT2D eigenvalue weighted by Crippen LogP contribution is 2.35. The molecule has 2 aliphatic rings. The highest BCUT2D eigenvalue weighted by Gasteiger charge is 2.39. The molecular formula is C26H28Cl3N3O3. The normalized spacial score (nSPS) is 21.0. The molecule has 2 atom stereocenters. The van der Waals surface area contributed by atoms with Crippen molar-refractivity contribution >= 4 is 53.0 Å². The van der Waals surface area contributed by atoms with Crippen LogP contribution in [0, 0.1) is 5.92 Å². The van der Waals surface area contributed by atoms with Gasteiger partial charge < -0.3 is 14.7 Å². The van der Waals surface area contributed by atoms with E-state index in [4.69, 9.17) is 34.8 Å². The molecule has 2 aromatic carbocycles. The second-order valence-corrected chi connectivity index (χ2v) is 10.5. The maximum Gasteiger partial charge on any atom is 0.253 e. The van der Waals surface area contributed by atoms with Crippen molar-refractivity contribution in [1.29, 1.82) is 0 Å². The van der Waals surface area contributed by atoms with Crippen LogP contribution < -0.4 is 0 Å². The average Bonchev–Trinajstić information content (AvgIpc) is 2.89. The SMILES string of the molecule is CN(C(=O)c1ccc(Cl)cc1)[C@@H]1CCN(C(=O)C2CCN(C=O)CC2)C[C@H]1c1ccc(Cl)c(Cl)c1. The lowest BCUT2D eigenvalue weighted by atomic mass is 9.83. The van der Waals surface area contributed by atoms with Crippen molar-refractivity contribution in [3.63, 3.8) is 0 Å². The van der Waals surface area contributed by atoms with Gasteiger partial charge in [-0.05, 0) is 61.2 Å². The van der Waals surface area contributed by atoms with E-state index in [1.165, 1.54) is 0 Å². The Balaban J connectivity index is 1.56. The third-order valence-corrected chi connectivity index (χ3v) is 8.19. The van der Waals surface area contributed by atoms with Crippen LogP contribution in [-0.4, -0.2) is 72.2 Å². The van der Waals surface area contributed by atoms with Crippen LogP contribution >= 0.6 is 34.8 Å². The van der Waals surface area contributed by atoms with Crippen LogP contribution in [0.5, 0.6) is 0 Å². The number of amides is 3. The molecule has 2 aliphatic heterocycles. The number of piperidine rings is 2. The Hall–Kier alpha value is -2.28. The number of benzene rings is 2. The van der Waals surface area contributed by atoms with Crippen LogP contribution in [0.3, 0.4) is 0 Å². The Kier molecular flexibility index (Phi) is 8.25. The zero-order chi connectivity index (χ0) is 25.1. The summed E-state index contributed by atoms with van der Waals surface area (Å²) in [6.07, 6.45) is 2.83. The molecule has 2 heterocycles. The number of carbonyl (C=O) groups excluding carboxylic acids is 3. The summed E-state index contributed by atoms with van der Waals surface area (Å²) in [7, 11) is 1.80. The van der Waals surface area contributed by atoms with Crippen LogP contribution in [0.4, 0.5) is 0 Å². The Labute approximate surface area is 220 Å². The van der Waals surface area contributed by atoms with Crippen molar-refractivity contribution in [3.8, 4) is 0 Å². The fourth-order valence-corrected chi connectivity index (χ4v) is 5.56. The van der Waals surface area contributed by atoms with E-state index in [9.17, 15) is 14.4 Å². The van der Waals surface area contributed by atoms with E-state index in [1.807, 2.05) is 17.0 Å². The largest absolute Gasteiger partial charge is 0.345 e. The van der Waals surface area contributed by atoms with Crippen molar-refractivity contribution < 1.29 is 14.4 Å². The minimum Gasteiger partial charge on any atom is -0.345 e. The smallest absolute Gasteiger partial charge is 0.253 e. The predicted octanol–water partition coefficient (Wildman–Crippen LogP) is 4.97. The van der Waals surface area contributed by atoms with E-state index in [1.54, 1.807) is 47.2 Å². The quantitative estimate of drug-likeness (QED) is 0.507. The fourth-order valence-electron chi connectivity index (χ4n) is 5.13. The van der Waals surface area contributed by atoms with Gasteiger partial charge in [0.1, 0.15) is 0 Å². The molecular weight excluding hydrogens is 509 g/mol. The zero-order valence-electron chi connectivity index (χ0n) is 19.5. The van der Waals surface area contributed by atoms with Crippen LogP contribution in [0.25, 0.3) is 0 Å². The monoisotopic (exact) mass is 535 g/mol. The summed E-state index contributed by atoms with van der Waals surface area (Å²) in [5.74, 6) is -0.201. The van der Waals surface area contributed by atoms with E-state index in [0.717, 1.165) is 12.0 Å². The van der Waals surface area contributed by atoms with Crippen molar-refractivity contribution in [3.05, 3.63) is 68.7 Å². The molecule has 0 N–H and O–H groups in total. The summed E-state index contributed by atoms with van der Waals surface area (Å²) < 4.78 is 0. The highest BCUT2D eigenvalue weighted by molar-refractivity contribution is 6.42. The molecule has 2 saturated heterocycles. The molecule has 186 valence electrons. The summed E-state index contributed by atoms with van der Waals surface area (Å²) >= 11 is 18.5. The van der Waals surface area contributed by atoms with Gasteiger partial charge in [0.25, 0.3) is 5.91 Å². The predicted molar refractivity (Wildman–Crippen MR) is 138 cm³/mol. The van der Waals surface area contributed by atoms with Crippen molar-refractivity contribution in [2.24, 2.45) is 5.92 Å². The van der Waals surface area contributed by atoms with E-state index >= 15 is 0 Å². The third-order valence-electron chi connectivity index (χ3n) is 7.20. The first-order valence-electron chi connectivity index (χ1n) is 11.7. The van der Waals surface area contributed by atoms with Crippen LogP contribution in [0.15, 0.2) is 42.5 Å². The molecule has 0 unspecified atom stereocenters. The highest BCUT2D eigenvalue weighted by atomic mass is 35.5. The second kappa shape index (κ2) is 11.2. The number of hydrogen-bond acceptors (Lipinski definition) is 3. The van der Waals surface area contributed by atoms with Gasteiger partial charge in [-0.2, -0.15) is 0 Å². The number of nitrogens with zero attached hydrogens (tertiary/aromatic N) is 3. The van der Waals surface area contributed by atoms with Gasteiger partial charge in [0.15, 0.2) is 0 Å². The van der Waals surface area contributed by atoms with E-state index in [-0.39, 0.29) is 29.7 Å². The van der Waals surface area contributed by atoms with Gasteiger partial charge in [-0.3, -0.25) is 14.4 Å². The number of carbonyl (C=O) groups is 3. The van der Waals surface area contributed by atoms with Crippen LogP contribution in [-0.2, 0) is 9.59 Å². The van der Waals surface area contributed by atoms with E-state index < -0.39 is 0 Å². The topological polar surface area (TPSA) is 60.9 Å². The van der Waals surface area contributed by atoms with Gasteiger partial charge in [-0.25, -0.2) is 0 Å². The van der Waals surface area contributed by atoms with Crippen molar-refractivity contribution in [2.45, 2.75) is 31.2 Å². The summed E-state index contributed by atoms with van der Waals surface area (Å²) in [6, 6.07) is 12.2. The van der Waals surface area contributed by atoms with Gasteiger partial charge in [-0.15, -0.1) is 0 Å². The molecule has 0 radical (unpaired) electrons. The summed E-state index contributed by atoms with van der Waals surface area (Å²) in [6.45, 7) is 2.25. The fraction of sp³-hybridized carbons (Fsp3) is 0.423. The van der Waals surface area contributed by atoms with Gasteiger partial charge >= 0.3 is 0 Å². The average molecular weight is 537 g/mol. The van der Waals surface area contributed by atoms with Crippen molar-refractivity contribution in [1.82, 2.24) is 14.7 Å². The van der Waals surface area contributed by atoms with E-state index in [2.05, 4.69) is 0 Å². The minimum atomic E-state index is -0.128. The minimum absolute atomic E-state index is 0.0920.